The van der Waals surface area contributed by atoms with Crippen LogP contribution in [0.25, 0.3) is 0 Å². The van der Waals surface area contributed by atoms with Gasteiger partial charge in [-0.1, -0.05) is 6.92 Å². The van der Waals surface area contributed by atoms with E-state index in [4.69, 9.17) is 9.47 Å². The molecule has 1 saturated heterocycles. The third-order valence-electron chi connectivity index (χ3n) is 4.08. The Bertz CT molecular complexity index is 516. The lowest BCUT2D eigenvalue weighted by Crippen LogP contribution is -2.50. The predicted octanol–water partition coefficient (Wildman–Crippen LogP) is 2.35. The molecule has 2 heterocycles. The van der Waals surface area contributed by atoms with E-state index in [0.717, 1.165) is 37.2 Å². The molecule has 1 atom stereocenters. The molecule has 116 valence electrons. The van der Waals surface area contributed by atoms with Crippen LogP contribution in [-0.2, 0) is 4.79 Å². The standard InChI is InChI=1S/C15H20N2O3.ClH/c1-2-15(6-3-7-16-15)14(18)17-11-4-5-12-13(10-11)20-9-8-19-12;/h4-5,10,16H,2-3,6-9H2,1H3,(H,17,18);1H. The van der Waals surface area contributed by atoms with E-state index in [1.54, 1.807) is 0 Å². The fourth-order valence-electron chi connectivity index (χ4n) is 2.83. The molecule has 0 aromatic heterocycles. The van der Waals surface area contributed by atoms with Crippen LogP contribution in [0.5, 0.6) is 11.5 Å². The van der Waals surface area contributed by atoms with Crippen LogP contribution in [0.3, 0.4) is 0 Å². The third-order valence-corrected chi connectivity index (χ3v) is 4.08. The summed E-state index contributed by atoms with van der Waals surface area (Å²) in [7, 11) is 0. The Morgan fingerprint density at radius 3 is 2.76 bits per heavy atom. The minimum absolute atomic E-state index is 0. The van der Waals surface area contributed by atoms with Gasteiger partial charge in [-0.05, 0) is 37.9 Å². The minimum atomic E-state index is -0.423. The van der Waals surface area contributed by atoms with Crippen molar-refractivity contribution in [2.75, 3.05) is 25.1 Å². The molecule has 0 radical (unpaired) electrons. The van der Waals surface area contributed by atoms with Gasteiger partial charge in [0.1, 0.15) is 13.2 Å². The van der Waals surface area contributed by atoms with Gasteiger partial charge in [0, 0.05) is 11.8 Å². The van der Waals surface area contributed by atoms with Crippen molar-refractivity contribution in [2.45, 2.75) is 31.7 Å². The van der Waals surface area contributed by atoms with Gasteiger partial charge in [0.15, 0.2) is 11.5 Å². The van der Waals surface area contributed by atoms with Gasteiger partial charge < -0.3 is 20.1 Å². The Morgan fingerprint density at radius 1 is 1.33 bits per heavy atom. The fourth-order valence-corrected chi connectivity index (χ4v) is 2.83. The summed E-state index contributed by atoms with van der Waals surface area (Å²) in [5, 5.41) is 6.32. The molecule has 21 heavy (non-hydrogen) atoms. The van der Waals surface area contributed by atoms with Gasteiger partial charge in [-0.2, -0.15) is 0 Å². The fraction of sp³-hybridized carbons (Fsp3) is 0.533. The zero-order chi connectivity index (χ0) is 14.0. The van der Waals surface area contributed by atoms with Crippen LogP contribution in [0, 0.1) is 0 Å². The normalized spacial score (nSPS) is 23.3. The molecule has 2 aliphatic heterocycles. The van der Waals surface area contributed by atoms with E-state index < -0.39 is 5.54 Å². The summed E-state index contributed by atoms with van der Waals surface area (Å²) in [5.41, 5.74) is 0.327. The van der Waals surface area contributed by atoms with Crippen LogP contribution < -0.4 is 20.1 Å². The van der Waals surface area contributed by atoms with Gasteiger partial charge in [0.05, 0.1) is 5.54 Å². The molecule has 6 heteroatoms. The van der Waals surface area contributed by atoms with Crippen molar-refractivity contribution in [1.29, 1.82) is 0 Å². The van der Waals surface area contributed by atoms with Gasteiger partial charge in [-0.3, -0.25) is 4.79 Å². The van der Waals surface area contributed by atoms with Crippen molar-refractivity contribution in [3.05, 3.63) is 18.2 Å². The van der Waals surface area contributed by atoms with E-state index in [1.165, 1.54) is 0 Å². The monoisotopic (exact) mass is 312 g/mol. The average Bonchev–Trinajstić information content (AvgIpc) is 2.97. The number of ether oxygens (including phenoxy) is 2. The molecule has 1 unspecified atom stereocenters. The molecule has 0 aliphatic carbocycles. The van der Waals surface area contributed by atoms with Crippen molar-refractivity contribution < 1.29 is 14.3 Å². The predicted molar refractivity (Wildman–Crippen MR) is 83.6 cm³/mol. The third kappa shape index (κ3) is 3.09. The largest absolute Gasteiger partial charge is 0.486 e. The van der Waals surface area contributed by atoms with Crippen molar-refractivity contribution in [1.82, 2.24) is 5.32 Å². The molecule has 3 rings (SSSR count). The van der Waals surface area contributed by atoms with Crippen molar-refractivity contribution in [2.24, 2.45) is 0 Å². The number of hydrogen-bond donors (Lipinski definition) is 2. The highest BCUT2D eigenvalue weighted by Crippen LogP contribution is 2.33. The maximum Gasteiger partial charge on any atom is 0.244 e. The molecule has 0 saturated carbocycles. The minimum Gasteiger partial charge on any atom is -0.486 e. The number of anilines is 1. The average molecular weight is 313 g/mol. The van der Waals surface area contributed by atoms with Crippen LogP contribution in [0.15, 0.2) is 18.2 Å². The lowest BCUT2D eigenvalue weighted by Gasteiger charge is -2.27. The molecule has 1 aromatic carbocycles. The van der Waals surface area contributed by atoms with Gasteiger partial charge in [-0.25, -0.2) is 0 Å². The topological polar surface area (TPSA) is 59.6 Å². The van der Waals surface area contributed by atoms with Crippen LogP contribution in [0.1, 0.15) is 26.2 Å². The Kier molecular flexibility index (Phi) is 4.96. The van der Waals surface area contributed by atoms with Gasteiger partial charge >= 0.3 is 0 Å². The van der Waals surface area contributed by atoms with Crippen molar-refractivity contribution in [3.8, 4) is 11.5 Å². The lowest BCUT2D eigenvalue weighted by atomic mass is 9.93. The molecule has 2 aliphatic rings. The highest BCUT2D eigenvalue weighted by Gasteiger charge is 2.39. The molecule has 2 N–H and O–H groups in total. The molecule has 0 bridgehead atoms. The van der Waals surface area contributed by atoms with E-state index in [9.17, 15) is 4.79 Å². The van der Waals surface area contributed by atoms with E-state index in [1.807, 2.05) is 25.1 Å². The number of benzene rings is 1. The van der Waals surface area contributed by atoms with E-state index in [2.05, 4.69) is 10.6 Å². The lowest BCUT2D eigenvalue weighted by molar-refractivity contribution is -0.122. The maximum absolute atomic E-state index is 12.5. The number of halogens is 1. The Labute approximate surface area is 130 Å². The first-order valence-corrected chi connectivity index (χ1v) is 7.20. The highest BCUT2D eigenvalue weighted by atomic mass is 35.5. The number of amides is 1. The van der Waals surface area contributed by atoms with Gasteiger partial charge in [0.25, 0.3) is 0 Å². The zero-order valence-electron chi connectivity index (χ0n) is 12.1. The van der Waals surface area contributed by atoms with E-state index in [0.29, 0.717) is 19.0 Å². The van der Waals surface area contributed by atoms with Crippen LogP contribution in [-0.4, -0.2) is 31.2 Å². The Morgan fingerprint density at radius 2 is 2.10 bits per heavy atom. The summed E-state index contributed by atoms with van der Waals surface area (Å²) < 4.78 is 11.0. The van der Waals surface area contributed by atoms with Crippen molar-refractivity contribution in [3.63, 3.8) is 0 Å². The number of rotatable bonds is 3. The number of carbonyl (C=O) groups is 1. The first-order valence-electron chi connectivity index (χ1n) is 7.20. The maximum atomic E-state index is 12.5. The quantitative estimate of drug-likeness (QED) is 0.899. The second kappa shape index (κ2) is 6.54. The summed E-state index contributed by atoms with van der Waals surface area (Å²) in [6, 6.07) is 5.51. The molecular weight excluding hydrogens is 292 g/mol. The second-order valence-corrected chi connectivity index (χ2v) is 5.28. The highest BCUT2D eigenvalue weighted by molar-refractivity contribution is 5.98. The van der Waals surface area contributed by atoms with Gasteiger partial charge in [-0.15, -0.1) is 12.4 Å². The van der Waals surface area contributed by atoms with Crippen LogP contribution in [0.2, 0.25) is 0 Å². The number of carbonyl (C=O) groups excluding carboxylic acids is 1. The summed E-state index contributed by atoms with van der Waals surface area (Å²) in [5.74, 6) is 1.46. The SMILES string of the molecule is CCC1(C(=O)Nc2ccc3c(c2)OCCO3)CCCN1.Cl. The Balaban J connectivity index is 0.00000161. The van der Waals surface area contributed by atoms with Crippen LogP contribution in [0.4, 0.5) is 5.69 Å². The number of nitrogens with one attached hydrogen (secondary N) is 2. The smallest absolute Gasteiger partial charge is 0.244 e. The first kappa shape index (κ1) is 15.9. The van der Waals surface area contributed by atoms with E-state index in [-0.39, 0.29) is 18.3 Å². The molecule has 5 nitrogen and oxygen atoms in total. The molecule has 1 fully saturated rings. The van der Waals surface area contributed by atoms with Crippen LogP contribution >= 0.6 is 12.4 Å². The summed E-state index contributed by atoms with van der Waals surface area (Å²) in [6.45, 7) is 4.07. The van der Waals surface area contributed by atoms with E-state index >= 15 is 0 Å². The second-order valence-electron chi connectivity index (χ2n) is 5.28. The molecule has 1 amide bonds. The zero-order valence-corrected chi connectivity index (χ0v) is 12.9. The van der Waals surface area contributed by atoms with Crippen molar-refractivity contribution >= 4 is 24.0 Å². The summed E-state index contributed by atoms with van der Waals surface area (Å²) >= 11 is 0. The number of hydrogen-bond acceptors (Lipinski definition) is 4. The molecular formula is C15H21ClN2O3. The molecule has 0 spiro atoms. The summed E-state index contributed by atoms with van der Waals surface area (Å²) in [6.07, 6.45) is 2.73. The Hall–Kier alpha value is -1.46. The molecule has 1 aromatic rings. The first-order chi connectivity index (χ1) is 9.73. The van der Waals surface area contributed by atoms with Gasteiger partial charge in [0.2, 0.25) is 5.91 Å². The number of fused-ring (bicyclic) bond motifs is 1. The summed E-state index contributed by atoms with van der Waals surface area (Å²) in [4.78, 5) is 12.5.